The molecule has 27 heavy (non-hydrogen) atoms. The third kappa shape index (κ3) is 3.72. The fourth-order valence-electron chi connectivity index (χ4n) is 4.14. The fraction of sp³-hybridized carbons (Fsp3) is 0.476. The van der Waals surface area contributed by atoms with Crippen LogP contribution in [0.15, 0.2) is 22.7 Å². The standard InChI is InChI=1S/C21H23BrN2O3/c1-11-18(20(25)23-15-7-4-13(5-8-15)21(26)27)16-10-14(22)6-9-17(16)24-19(11)12-2-3-12/h6,9-10,12-13,15H,2-5,7-8H2,1H3,(H,23,25)(H,26,27). The Bertz CT molecular complexity index is 915. The van der Waals surface area contributed by atoms with Crippen molar-refractivity contribution in [2.75, 3.05) is 0 Å². The van der Waals surface area contributed by atoms with Gasteiger partial charge < -0.3 is 10.4 Å². The van der Waals surface area contributed by atoms with Gasteiger partial charge in [0.15, 0.2) is 0 Å². The highest BCUT2D eigenvalue weighted by Gasteiger charge is 2.31. The van der Waals surface area contributed by atoms with Gasteiger partial charge in [0.1, 0.15) is 0 Å². The van der Waals surface area contributed by atoms with E-state index < -0.39 is 5.97 Å². The van der Waals surface area contributed by atoms with Crippen LogP contribution in [0.25, 0.3) is 10.9 Å². The molecule has 0 atom stereocenters. The lowest BCUT2D eigenvalue weighted by molar-refractivity contribution is -0.142. The second-order valence-corrected chi connectivity index (χ2v) is 8.71. The molecule has 2 N–H and O–H groups in total. The van der Waals surface area contributed by atoms with Gasteiger partial charge in [0.2, 0.25) is 0 Å². The lowest BCUT2D eigenvalue weighted by Crippen LogP contribution is -2.39. The molecule has 2 aromatic rings. The number of halogens is 1. The number of aromatic nitrogens is 1. The van der Waals surface area contributed by atoms with Crippen LogP contribution in [0.5, 0.6) is 0 Å². The van der Waals surface area contributed by atoms with Gasteiger partial charge in [-0.25, -0.2) is 0 Å². The first-order valence-electron chi connectivity index (χ1n) is 9.57. The summed E-state index contributed by atoms with van der Waals surface area (Å²) >= 11 is 3.50. The molecule has 1 amide bonds. The van der Waals surface area contributed by atoms with Crippen LogP contribution in [0.1, 0.15) is 66.1 Å². The summed E-state index contributed by atoms with van der Waals surface area (Å²) in [6, 6.07) is 5.91. The zero-order chi connectivity index (χ0) is 19.1. The number of hydrogen-bond acceptors (Lipinski definition) is 3. The largest absolute Gasteiger partial charge is 0.481 e. The quantitative estimate of drug-likeness (QED) is 0.744. The third-order valence-corrected chi connectivity index (χ3v) is 6.32. The highest BCUT2D eigenvalue weighted by Crippen LogP contribution is 2.42. The topological polar surface area (TPSA) is 79.3 Å². The third-order valence-electron chi connectivity index (χ3n) is 5.83. The maximum Gasteiger partial charge on any atom is 0.306 e. The molecule has 1 aromatic carbocycles. The molecule has 0 saturated heterocycles. The summed E-state index contributed by atoms with van der Waals surface area (Å²) in [5.41, 5.74) is 3.58. The van der Waals surface area contributed by atoms with Gasteiger partial charge in [-0.05, 0) is 69.2 Å². The van der Waals surface area contributed by atoms with E-state index >= 15 is 0 Å². The average molecular weight is 431 g/mol. The molecule has 142 valence electrons. The Balaban J connectivity index is 1.64. The zero-order valence-corrected chi connectivity index (χ0v) is 16.9. The van der Waals surface area contributed by atoms with E-state index in [2.05, 4.69) is 21.2 Å². The molecule has 2 fully saturated rings. The Morgan fingerprint density at radius 2 is 1.85 bits per heavy atom. The van der Waals surface area contributed by atoms with E-state index in [1.807, 2.05) is 25.1 Å². The monoisotopic (exact) mass is 430 g/mol. The lowest BCUT2D eigenvalue weighted by Gasteiger charge is -2.27. The van der Waals surface area contributed by atoms with Crippen LogP contribution in [-0.2, 0) is 4.79 Å². The number of rotatable bonds is 4. The first-order chi connectivity index (χ1) is 12.9. The summed E-state index contributed by atoms with van der Waals surface area (Å²) in [5.74, 6) is -0.608. The first-order valence-corrected chi connectivity index (χ1v) is 10.4. The number of aliphatic carboxylic acids is 1. The molecular weight excluding hydrogens is 408 g/mol. The van der Waals surface area contributed by atoms with Gasteiger partial charge >= 0.3 is 5.97 Å². The minimum atomic E-state index is -0.727. The van der Waals surface area contributed by atoms with E-state index in [9.17, 15) is 9.59 Å². The average Bonchev–Trinajstić information content (AvgIpc) is 3.46. The van der Waals surface area contributed by atoms with Crippen LogP contribution < -0.4 is 5.32 Å². The molecular formula is C21H23BrN2O3. The smallest absolute Gasteiger partial charge is 0.306 e. The van der Waals surface area contributed by atoms with Crippen molar-refractivity contribution >= 4 is 38.7 Å². The SMILES string of the molecule is Cc1c(C2CC2)nc2ccc(Br)cc2c1C(=O)NC1CCC(C(=O)O)CC1. The summed E-state index contributed by atoms with van der Waals surface area (Å²) in [4.78, 5) is 29.2. The number of fused-ring (bicyclic) bond motifs is 1. The Kier molecular flexibility index (Phi) is 4.93. The number of nitrogens with zero attached hydrogens (tertiary/aromatic N) is 1. The second-order valence-electron chi connectivity index (χ2n) is 7.79. The number of carbonyl (C=O) groups excluding carboxylic acids is 1. The van der Waals surface area contributed by atoms with Gasteiger partial charge in [-0.2, -0.15) is 0 Å². The summed E-state index contributed by atoms with van der Waals surface area (Å²) in [6.07, 6.45) is 4.94. The number of carboxylic acids is 1. The normalized spacial score (nSPS) is 22.6. The first kappa shape index (κ1) is 18.4. The molecule has 6 heteroatoms. The van der Waals surface area contributed by atoms with Crippen LogP contribution in [0.3, 0.4) is 0 Å². The van der Waals surface area contributed by atoms with Gasteiger partial charge in [0.25, 0.3) is 5.91 Å². The Hall–Kier alpha value is -1.95. The number of carbonyl (C=O) groups is 2. The van der Waals surface area contributed by atoms with E-state index in [0.717, 1.165) is 39.5 Å². The predicted octanol–water partition coefficient (Wildman–Crippen LogP) is 4.56. The minimum Gasteiger partial charge on any atom is -0.481 e. The fourth-order valence-corrected chi connectivity index (χ4v) is 4.50. The highest BCUT2D eigenvalue weighted by atomic mass is 79.9. The second kappa shape index (κ2) is 7.23. The number of benzene rings is 1. The van der Waals surface area contributed by atoms with Gasteiger partial charge in [-0.15, -0.1) is 0 Å². The van der Waals surface area contributed by atoms with Crippen molar-refractivity contribution in [2.24, 2.45) is 5.92 Å². The summed E-state index contributed by atoms with van der Waals surface area (Å²) in [7, 11) is 0. The summed E-state index contributed by atoms with van der Waals surface area (Å²) < 4.78 is 0.923. The molecule has 2 aliphatic rings. The van der Waals surface area contributed by atoms with Gasteiger partial charge in [-0.3, -0.25) is 14.6 Å². The van der Waals surface area contributed by atoms with E-state index in [1.54, 1.807) is 0 Å². The molecule has 0 radical (unpaired) electrons. The lowest BCUT2D eigenvalue weighted by atomic mass is 9.86. The van der Waals surface area contributed by atoms with Crippen molar-refractivity contribution in [3.05, 3.63) is 39.5 Å². The molecule has 0 aliphatic heterocycles. The molecule has 1 heterocycles. The maximum absolute atomic E-state index is 13.2. The maximum atomic E-state index is 13.2. The highest BCUT2D eigenvalue weighted by molar-refractivity contribution is 9.10. The van der Waals surface area contributed by atoms with Gasteiger partial charge in [0, 0.05) is 27.5 Å². The number of carboxylic acid groups (broad SMARTS) is 1. The van der Waals surface area contributed by atoms with Crippen LogP contribution >= 0.6 is 15.9 Å². The van der Waals surface area contributed by atoms with E-state index in [1.165, 1.54) is 0 Å². The van der Waals surface area contributed by atoms with Crippen molar-refractivity contribution in [2.45, 2.75) is 57.4 Å². The molecule has 2 saturated carbocycles. The Morgan fingerprint density at radius 3 is 2.48 bits per heavy atom. The molecule has 4 rings (SSSR count). The van der Waals surface area contributed by atoms with Crippen molar-refractivity contribution in [1.82, 2.24) is 10.3 Å². The molecule has 0 spiro atoms. The van der Waals surface area contributed by atoms with Gasteiger partial charge in [0.05, 0.1) is 17.0 Å². The van der Waals surface area contributed by atoms with Crippen LogP contribution in [-0.4, -0.2) is 28.0 Å². The van der Waals surface area contributed by atoms with Gasteiger partial charge in [-0.1, -0.05) is 15.9 Å². The minimum absolute atomic E-state index is 0.0345. The molecule has 0 unspecified atom stereocenters. The number of nitrogens with one attached hydrogen (secondary N) is 1. The van der Waals surface area contributed by atoms with Crippen LogP contribution in [0.2, 0.25) is 0 Å². The Labute approximate surface area is 166 Å². The van der Waals surface area contributed by atoms with E-state index in [4.69, 9.17) is 10.1 Å². The Morgan fingerprint density at radius 1 is 1.15 bits per heavy atom. The number of pyridine rings is 1. The number of amides is 1. The summed E-state index contributed by atoms with van der Waals surface area (Å²) in [6.45, 7) is 2.00. The molecule has 5 nitrogen and oxygen atoms in total. The number of hydrogen-bond donors (Lipinski definition) is 2. The van der Waals surface area contributed by atoms with E-state index in [-0.39, 0.29) is 17.9 Å². The van der Waals surface area contributed by atoms with Crippen LogP contribution in [0.4, 0.5) is 0 Å². The van der Waals surface area contributed by atoms with Crippen molar-refractivity contribution in [3.63, 3.8) is 0 Å². The van der Waals surface area contributed by atoms with Crippen molar-refractivity contribution in [1.29, 1.82) is 0 Å². The van der Waals surface area contributed by atoms with Crippen molar-refractivity contribution in [3.8, 4) is 0 Å². The molecule has 2 aliphatic carbocycles. The molecule has 1 aromatic heterocycles. The molecule has 0 bridgehead atoms. The van der Waals surface area contributed by atoms with Crippen LogP contribution in [0, 0.1) is 12.8 Å². The van der Waals surface area contributed by atoms with Crippen molar-refractivity contribution < 1.29 is 14.7 Å². The zero-order valence-electron chi connectivity index (χ0n) is 15.3. The predicted molar refractivity (Wildman–Crippen MR) is 107 cm³/mol. The summed E-state index contributed by atoms with van der Waals surface area (Å²) in [5, 5.41) is 13.2. The van der Waals surface area contributed by atoms with E-state index in [0.29, 0.717) is 37.2 Å².